The summed E-state index contributed by atoms with van der Waals surface area (Å²) in [5, 5.41) is 20.2. The highest BCUT2D eigenvalue weighted by Crippen LogP contribution is 2.21. The molecule has 9 heteroatoms. The zero-order valence-electron chi connectivity index (χ0n) is 10.6. The van der Waals surface area contributed by atoms with Gasteiger partial charge in [-0.1, -0.05) is 11.8 Å². The van der Waals surface area contributed by atoms with Crippen LogP contribution in [0.25, 0.3) is 0 Å². The van der Waals surface area contributed by atoms with Crippen molar-refractivity contribution in [2.24, 2.45) is 0 Å². The van der Waals surface area contributed by atoms with E-state index < -0.39 is 5.97 Å². The molecule has 0 bridgehead atoms. The van der Waals surface area contributed by atoms with Crippen LogP contribution in [0.3, 0.4) is 0 Å². The molecule has 2 aromatic heterocycles. The molecular weight excluding hydrogens is 268 g/mol. The van der Waals surface area contributed by atoms with Crippen LogP contribution >= 0.6 is 11.8 Å². The van der Waals surface area contributed by atoms with E-state index in [0.717, 1.165) is 5.69 Å². The molecule has 0 saturated carbocycles. The van der Waals surface area contributed by atoms with Crippen LogP contribution in [0.2, 0.25) is 0 Å². The van der Waals surface area contributed by atoms with Gasteiger partial charge in [-0.05, 0) is 24.3 Å². The zero-order valence-corrected chi connectivity index (χ0v) is 11.4. The van der Waals surface area contributed by atoms with Gasteiger partial charge in [0.2, 0.25) is 5.16 Å². The Morgan fingerprint density at radius 1 is 1.53 bits per heavy atom. The first-order chi connectivity index (χ1) is 9.08. The van der Waals surface area contributed by atoms with Gasteiger partial charge in [0.15, 0.2) is 0 Å². The SMILES string of the molecule is CC(C)n1cncc1CSc1nnnn1CC(=O)O. The van der Waals surface area contributed by atoms with Gasteiger partial charge in [0.25, 0.3) is 0 Å². The van der Waals surface area contributed by atoms with E-state index in [0.29, 0.717) is 17.0 Å². The van der Waals surface area contributed by atoms with Crippen LogP contribution in [0.1, 0.15) is 25.6 Å². The molecule has 102 valence electrons. The fourth-order valence-electron chi connectivity index (χ4n) is 1.57. The molecule has 0 radical (unpaired) electrons. The van der Waals surface area contributed by atoms with Crippen molar-refractivity contribution in [1.29, 1.82) is 0 Å². The van der Waals surface area contributed by atoms with Gasteiger partial charge >= 0.3 is 5.97 Å². The van der Waals surface area contributed by atoms with Gasteiger partial charge < -0.3 is 9.67 Å². The van der Waals surface area contributed by atoms with E-state index >= 15 is 0 Å². The number of carboxylic acids is 1. The third kappa shape index (κ3) is 3.31. The highest BCUT2D eigenvalue weighted by Gasteiger charge is 2.12. The number of carbonyl (C=O) groups is 1. The van der Waals surface area contributed by atoms with Crippen molar-refractivity contribution >= 4 is 17.7 Å². The molecule has 0 spiro atoms. The molecule has 0 aliphatic heterocycles. The maximum atomic E-state index is 10.7. The van der Waals surface area contributed by atoms with Crippen LogP contribution in [0, 0.1) is 0 Å². The van der Waals surface area contributed by atoms with Crippen molar-refractivity contribution in [3.63, 3.8) is 0 Å². The van der Waals surface area contributed by atoms with E-state index in [-0.39, 0.29) is 6.54 Å². The monoisotopic (exact) mass is 282 g/mol. The predicted octanol–water partition coefficient (Wildman–Crippen LogP) is 0.827. The molecule has 0 aliphatic rings. The lowest BCUT2D eigenvalue weighted by molar-refractivity contribution is -0.138. The summed E-state index contributed by atoms with van der Waals surface area (Å²) in [5.41, 5.74) is 1.05. The highest BCUT2D eigenvalue weighted by atomic mass is 32.2. The van der Waals surface area contributed by atoms with E-state index in [2.05, 4.69) is 38.9 Å². The number of rotatable bonds is 6. The van der Waals surface area contributed by atoms with E-state index in [1.165, 1.54) is 16.4 Å². The minimum Gasteiger partial charge on any atom is -0.480 e. The number of thioether (sulfide) groups is 1. The van der Waals surface area contributed by atoms with Gasteiger partial charge in [-0.25, -0.2) is 9.67 Å². The van der Waals surface area contributed by atoms with Crippen molar-refractivity contribution in [3.05, 3.63) is 18.2 Å². The van der Waals surface area contributed by atoms with Gasteiger partial charge in [0.05, 0.1) is 6.33 Å². The van der Waals surface area contributed by atoms with Crippen LogP contribution in [0.4, 0.5) is 0 Å². The Morgan fingerprint density at radius 2 is 2.32 bits per heavy atom. The van der Waals surface area contributed by atoms with Crippen LogP contribution < -0.4 is 0 Å². The Hall–Kier alpha value is -1.90. The highest BCUT2D eigenvalue weighted by molar-refractivity contribution is 7.98. The average Bonchev–Trinajstić information content (AvgIpc) is 2.94. The first kappa shape index (κ1) is 13.5. The summed E-state index contributed by atoms with van der Waals surface area (Å²) in [6.07, 6.45) is 3.57. The lowest BCUT2D eigenvalue weighted by Gasteiger charge is -2.10. The molecule has 0 saturated heterocycles. The van der Waals surface area contributed by atoms with Gasteiger partial charge in [0.1, 0.15) is 6.54 Å². The second kappa shape index (κ2) is 5.83. The summed E-state index contributed by atoms with van der Waals surface area (Å²) < 4.78 is 3.32. The second-order valence-electron chi connectivity index (χ2n) is 4.19. The lowest BCUT2D eigenvalue weighted by atomic mass is 10.4. The Bertz CT molecular complexity index is 564. The summed E-state index contributed by atoms with van der Waals surface area (Å²) in [6.45, 7) is 3.91. The Labute approximate surface area is 113 Å². The number of aliphatic carboxylic acids is 1. The lowest BCUT2D eigenvalue weighted by Crippen LogP contribution is -2.11. The molecule has 1 N–H and O–H groups in total. The maximum Gasteiger partial charge on any atom is 0.325 e. The van der Waals surface area contributed by atoms with Gasteiger partial charge in [0, 0.05) is 23.7 Å². The zero-order chi connectivity index (χ0) is 13.8. The molecule has 0 aliphatic carbocycles. The van der Waals surface area contributed by atoms with Crippen LogP contribution in [0.5, 0.6) is 0 Å². The number of aromatic nitrogens is 6. The maximum absolute atomic E-state index is 10.7. The Balaban J connectivity index is 2.04. The average molecular weight is 282 g/mol. The molecule has 0 atom stereocenters. The predicted molar refractivity (Wildman–Crippen MR) is 67.6 cm³/mol. The third-order valence-corrected chi connectivity index (χ3v) is 3.43. The topological polar surface area (TPSA) is 98.7 Å². The van der Waals surface area contributed by atoms with Crippen molar-refractivity contribution in [3.8, 4) is 0 Å². The van der Waals surface area contributed by atoms with Crippen molar-refractivity contribution in [2.45, 2.75) is 37.3 Å². The molecule has 0 amide bonds. The fourth-order valence-corrected chi connectivity index (χ4v) is 2.42. The quantitative estimate of drug-likeness (QED) is 0.783. The number of tetrazole rings is 1. The standard InChI is InChI=1S/C10H14N6O2S/c1-7(2)15-6-11-3-8(15)5-19-10-12-13-14-16(10)4-9(17)18/h3,6-7H,4-5H2,1-2H3,(H,17,18). The third-order valence-electron chi connectivity index (χ3n) is 2.44. The van der Waals surface area contributed by atoms with Gasteiger partial charge in [-0.3, -0.25) is 4.79 Å². The Kier molecular flexibility index (Phi) is 4.15. The molecule has 2 rings (SSSR count). The van der Waals surface area contributed by atoms with Crippen molar-refractivity contribution < 1.29 is 9.90 Å². The number of imidazole rings is 1. The number of carboxylic acid groups (broad SMARTS) is 1. The van der Waals surface area contributed by atoms with Crippen molar-refractivity contribution in [1.82, 2.24) is 29.8 Å². The summed E-state index contributed by atoms with van der Waals surface area (Å²) >= 11 is 1.39. The van der Waals surface area contributed by atoms with Gasteiger partial charge in [-0.2, -0.15) is 0 Å². The van der Waals surface area contributed by atoms with E-state index in [4.69, 9.17) is 5.11 Å². The second-order valence-corrected chi connectivity index (χ2v) is 5.13. The summed E-state index contributed by atoms with van der Waals surface area (Å²) in [6, 6.07) is 0.327. The largest absolute Gasteiger partial charge is 0.480 e. The molecular formula is C10H14N6O2S. The summed E-state index contributed by atoms with van der Waals surface area (Å²) in [4.78, 5) is 14.8. The fraction of sp³-hybridized carbons (Fsp3) is 0.500. The van der Waals surface area contributed by atoms with E-state index in [1.807, 2.05) is 0 Å². The summed E-state index contributed by atoms with van der Waals surface area (Å²) in [5.74, 6) is -0.334. The Morgan fingerprint density at radius 3 is 3.00 bits per heavy atom. The minimum atomic E-state index is -0.971. The molecule has 0 unspecified atom stereocenters. The molecule has 19 heavy (non-hydrogen) atoms. The molecule has 0 aromatic carbocycles. The van der Waals surface area contributed by atoms with Crippen molar-refractivity contribution in [2.75, 3.05) is 0 Å². The molecule has 2 aromatic rings. The van der Waals surface area contributed by atoms with Crippen LogP contribution in [-0.4, -0.2) is 40.8 Å². The van der Waals surface area contributed by atoms with Gasteiger partial charge in [-0.15, -0.1) is 5.10 Å². The van der Waals surface area contributed by atoms with E-state index in [1.54, 1.807) is 12.5 Å². The molecule has 8 nitrogen and oxygen atoms in total. The molecule has 0 fully saturated rings. The minimum absolute atomic E-state index is 0.237. The number of hydrogen-bond donors (Lipinski definition) is 1. The number of hydrogen-bond acceptors (Lipinski definition) is 6. The smallest absolute Gasteiger partial charge is 0.325 e. The normalized spacial score (nSPS) is 11.1. The van der Waals surface area contributed by atoms with Crippen LogP contribution in [-0.2, 0) is 17.1 Å². The summed E-state index contributed by atoms with van der Waals surface area (Å²) in [7, 11) is 0. The number of nitrogens with zero attached hydrogens (tertiary/aromatic N) is 6. The van der Waals surface area contributed by atoms with Crippen LogP contribution in [0.15, 0.2) is 17.7 Å². The first-order valence-corrected chi connectivity index (χ1v) is 6.68. The molecule has 2 heterocycles. The van der Waals surface area contributed by atoms with E-state index in [9.17, 15) is 4.79 Å². The first-order valence-electron chi connectivity index (χ1n) is 5.69.